The maximum atomic E-state index is 6.87. The van der Waals surface area contributed by atoms with Crippen molar-refractivity contribution >= 4 is 109 Å². The van der Waals surface area contributed by atoms with E-state index in [0.29, 0.717) is 0 Å². The van der Waals surface area contributed by atoms with Crippen LogP contribution < -0.4 is 0 Å². The fraction of sp³-hybridized carbons (Fsp3) is 0. The molecule has 0 N–H and O–H groups in total. The first-order valence-corrected chi connectivity index (χ1v) is 23.1. The van der Waals surface area contributed by atoms with Gasteiger partial charge in [-0.3, -0.25) is 0 Å². The Bertz CT molecular complexity index is 4520. The summed E-state index contributed by atoms with van der Waals surface area (Å²) in [5, 5.41) is 17.0. The van der Waals surface area contributed by atoms with E-state index in [0.717, 1.165) is 27.6 Å². The number of hydrogen-bond acceptors (Lipinski definition) is 1. The van der Waals surface area contributed by atoms with E-state index in [9.17, 15) is 0 Å². The summed E-state index contributed by atoms with van der Waals surface area (Å²) in [5.74, 6) is 0. The fourth-order valence-electron chi connectivity index (χ4n) is 11.5. The zero-order valence-electron chi connectivity index (χ0n) is 36.2. The molecule has 0 atom stereocenters. The predicted octanol–water partition coefficient (Wildman–Crippen LogP) is 17.7. The molecular formula is C64H38N2O. The molecule has 0 spiro atoms. The van der Waals surface area contributed by atoms with E-state index >= 15 is 0 Å². The molecule has 0 aliphatic carbocycles. The Morgan fingerprint density at radius 3 is 1.27 bits per heavy atom. The third-order valence-corrected chi connectivity index (χ3v) is 14.5. The predicted molar refractivity (Wildman–Crippen MR) is 283 cm³/mol. The summed E-state index contributed by atoms with van der Waals surface area (Å²) in [6.07, 6.45) is 0. The molecule has 0 saturated carbocycles. The fourth-order valence-corrected chi connectivity index (χ4v) is 11.5. The minimum Gasteiger partial charge on any atom is -0.455 e. The highest BCUT2D eigenvalue weighted by Gasteiger charge is 2.20. The maximum Gasteiger partial charge on any atom is 0.143 e. The monoisotopic (exact) mass is 850 g/mol. The minimum atomic E-state index is 0.909. The van der Waals surface area contributed by atoms with Crippen molar-refractivity contribution in [1.29, 1.82) is 0 Å². The van der Waals surface area contributed by atoms with Gasteiger partial charge in [-0.05, 0) is 145 Å². The van der Waals surface area contributed by atoms with Gasteiger partial charge in [0.05, 0.1) is 22.1 Å². The van der Waals surface area contributed by atoms with Gasteiger partial charge in [-0.1, -0.05) is 146 Å². The molecule has 15 rings (SSSR count). The molecule has 0 amide bonds. The van der Waals surface area contributed by atoms with E-state index in [1.165, 1.54) is 115 Å². The van der Waals surface area contributed by atoms with Crippen molar-refractivity contribution in [2.24, 2.45) is 0 Å². The summed E-state index contributed by atoms with van der Waals surface area (Å²) < 4.78 is 11.7. The van der Waals surface area contributed by atoms with Crippen LogP contribution in [-0.4, -0.2) is 9.13 Å². The second kappa shape index (κ2) is 13.8. The first-order chi connectivity index (χ1) is 33.2. The van der Waals surface area contributed by atoms with Crippen molar-refractivity contribution in [3.63, 3.8) is 0 Å². The Kier molecular flexibility index (Phi) is 7.50. The molecule has 0 radical (unpaired) electrons. The minimum absolute atomic E-state index is 0.909. The highest BCUT2D eigenvalue weighted by molar-refractivity contribution is 6.34. The molecule has 67 heavy (non-hydrogen) atoms. The average molecular weight is 851 g/mol. The lowest BCUT2D eigenvalue weighted by Gasteiger charge is -2.10. The topological polar surface area (TPSA) is 23.0 Å². The molecule has 3 nitrogen and oxygen atoms in total. The van der Waals surface area contributed by atoms with E-state index in [1.807, 2.05) is 0 Å². The molecule has 3 aromatic heterocycles. The summed E-state index contributed by atoms with van der Waals surface area (Å²) in [6, 6.07) is 84.4. The van der Waals surface area contributed by atoms with Gasteiger partial charge in [-0.25, -0.2) is 0 Å². The summed E-state index contributed by atoms with van der Waals surface area (Å²) in [7, 11) is 0. The van der Waals surface area contributed by atoms with E-state index in [-0.39, 0.29) is 0 Å². The van der Waals surface area contributed by atoms with Crippen molar-refractivity contribution in [2.45, 2.75) is 0 Å². The van der Waals surface area contributed by atoms with E-state index in [2.05, 4.69) is 240 Å². The van der Waals surface area contributed by atoms with Crippen molar-refractivity contribution in [2.75, 3.05) is 0 Å². The van der Waals surface area contributed by atoms with Crippen molar-refractivity contribution in [1.82, 2.24) is 9.13 Å². The number of benzene rings is 12. The van der Waals surface area contributed by atoms with Crippen LogP contribution >= 0.6 is 0 Å². The first kappa shape index (κ1) is 36.4. The summed E-state index contributed by atoms with van der Waals surface area (Å²) >= 11 is 0. The van der Waals surface area contributed by atoms with Gasteiger partial charge >= 0.3 is 0 Å². The number of para-hydroxylation sites is 3. The Balaban J connectivity index is 0.897. The average Bonchev–Trinajstić information content (AvgIpc) is 4.06. The number of furan rings is 1. The van der Waals surface area contributed by atoms with Gasteiger partial charge in [0.15, 0.2) is 0 Å². The van der Waals surface area contributed by atoms with Gasteiger partial charge in [0, 0.05) is 49.1 Å². The molecule has 0 fully saturated rings. The van der Waals surface area contributed by atoms with Crippen LogP contribution in [0.15, 0.2) is 235 Å². The molecule has 0 bridgehead atoms. The number of aromatic nitrogens is 2. The lowest BCUT2D eigenvalue weighted by atomic mass is 9.92. The largest absolute Gasteiger partial charge is 0.455 e. The van der Waals surface area contributed by atoms with Crippen LogP contribution in [0.25, 0.3) is 142 Å². The Morgan fingerprint density at radius 1 is 0.254 bits per heavy atom. The molecule has 12 aromatic carbocycles. The summed E-state index contributed by atoms with van der Waals surface area (Å²) in [5.41, 5.74) is 13.7. The van der Waals surface area contributed by atoms with E-state index in [4.69, 9.17) is 4.42 Å². The van der Waals surface area contributed by atoms with Crippen LogP contribution in [0.5, 0.6) is 0 Å². The van der Waals surface area contributed by atoms with Crippen LogP contribution in [0.1, 0.15) is 0 Å². The Morgan fingerprint density at radius 2 is 0.672 bits per heavy atom. The van der Waals surface area contributed by atoms with Gasteiger partial charge in [0.2, 0.25) is 0 Å². The standard InChI is InChI=1S/C64H38N2O/c1-3-13-44(14-4-1)65-57-22-12-11-20-50(57)54-36-41(25-31-58(54)65)42-26-33-60-56(38-42)55-37-40(24-32-59(55)66(60)45-15-5-2-6-16-45)39-23-28-46-43(35-39)27-34-61-62(46)53-30-29-52-49-19-8-7-17-47(49)48-18-9-10-21-51(48)63(52)64(53)67-61/h1-38H. The first-order valence-electron chi connectivity index (χ1n) is 23.1. The SMILES string of the molecule is c1ccc(-n2c3ccccc3c3cc(-c4ccc5c(c4)c4cc(-c6ccc7c(ccc8oc9c(ccc%10c%11ccccc%11c%11ccccc%11c%109)c87)c6)ccc4n5-c4ccccc4)ccc32)cc1. The molecule has 15 aromatic rings. The number of nitrogens with zero attached hydrogens (tertiary/aromatic N) is 2. The van der Waals surface area contributed by atoms with Crippen molar-refractivity contribution < 1.29 is 4.42 Å². The van der Waals surface area contributed by atoms with Crippen LogP contribution in [0.4, 0.5) is 0 Å². The normalized spacial score (nSPS) is 12.2. The van der Waals surface area contributed by atoms with E-state index in [1.54, 1.807) is 0 Å². The van der Waals surface area contributed by atoms with Crippen LogP contribution in [0.2, 0.25) is 0 Å². The lowest BCUT2D eigenvalue weighted by molar-refractivity contribution is 0.673. The second-order valence-corrected chi connectivity index (χ2v) is 18.0. The van der Waals surface area contributed by atoms with E-state index < -0.39 is 0 Å². The number of fused-ring (bicyclic) bond motifs is 18. The van der Waals surface area contributed by atoms with Crippen LogP contribution in [0, 0.1) is 0 Å². The van der Waals surface area contributed by atoms with Crippen LogP contribution in [0.3, 0.4) is 0 Å². The lowest BCUT2D eigenvalue weighted by Crippen LogP contribution is -1.93. The summed E-state index contributed by atoms with van der Waals surface area (Å²) in [6.45, 7) is 0. The third-order valence-electron chi connectivity index (χ3n) is 14.5. The maximum absolute atomic E-state index is 6.87. The Labute approximate surface area is 384 Å². The highest BCUT2D eigenvalue weighted by Crippen LogP contribution is 2.45. The molecule has 3 heterocycles. The van der Waals surface area contributed by atoms with Crippen LogP contribution in [-0.2, 0) is 0 Å². The zero-order chi connectivity index (χ0) is 43.7. The number of rotatable bonds is 4. The third kappa shape index (κ3) is 5.22. The zero-order valence-corrected chi connectivity index (χ0v) is 36.2. The van der Waals surface area contributed by atoms with Crippen molar-refractivity contribution in [3.8, 4) is 33.6 Å². The molecular weight excluding hydrogens is 813 g/mol. The smallest absolute Gasteiger partial charge is 0.143 e. The Hall–Kier alpha value is -8.92. The molecule has 3 heteroatoms. The van der Waals surface area contributed by atoms with Gasteiger partial charge in [-0.2, -0.15) is 0 Å². The molecule has 0 unspecified atom stereocenters. The molecule has 0 aliphatic heterocycles. The second-order valence-electron chi connectivity index (χ2n) is 18.0. The molecule has 310 valence electrons. The van der Waals surface area contributed by atoms with Gasteiger partial charge < -0.3 is 13.6 Å². The quantitative estimate of drug-likeness (QED) is 0.162. The summed E-state index contributed by atoms with van der Waals surface area (Å²) in [4.78, 5) is 0. The highest BCUT2D eigenvalue weighted by atomic mass is 16.3. The molecule has 0 saturated heterocycles. The van der Waals surface area contributed by atoms with Gasteiger partial charge in [-0.15, -0.1) is 0 Å². The van der Waals surface area contributed by atoms with Gasteiger partial charge in [0.1, 0.15) is 11.2 Å². The van der Waals surface area contributed by atoms with Crippen molar-refractivity contribution in [3.05, 3.63) is 231 Å². The number of hydrogen-bond donors (Lipinski definition) is 0. The van der Waals surface area contributed by atoms with Gasteiger partial charge in [0.25, 0.3) is 0 Å². The molecule has 0 aliphatic rings.